The van der Waals surface area contributed by atoms with E-state index in [0.717, 1.165) is 16.7 Å². The highest BCUT2D eigenvalue weighted by Gasteiger charge is 2.26. The molecule has 1 N–H and O–H groups in total. The minimum Gasteiger partial charge on any atom is -0.508 e. The number of aryl methyl sites for hydroxylation is 1. The Labute approximate surface area is 78.7 Å². The smallest absolute Gasteiger partial charge is 0.119 e. The Hall–Kier alpha value is -1.24. The van der Waals surface area contributed by atoms with Gasteiger partial charge in [-0.1, -0.05) is 12.7 Å². The van der Waals surface area contributed by atoms with Gasteiger partial charge in [0.05, 0.1) is 0 Å². The molecule has 0 aromatic heterocycles. The van der Waals surface area contributed by atoms with E-state index in [2.05, 4.69) is 12.6 Å². The summed E-state index contributed by atoms with van der Waals surface area (Å²) in [7, 11) is 0. The second kappa shape index (κ2) is 2.91. The van der Waals surface area contributed by atoms with E-state index in [4.69, 9.17) is 0 Å². The molecule has 1 heteroatoms. The van der Waals surface area contributed by atoms with E-state index in [1.54, 1.807) is 0 Å². The van der Waals surface area contributed by atoms with E-state index in [1.165, 1.54) is 12.8 Å². The molecule has 1 saturated carbocycles. The van der Waals surface area contributed by atoms with E-state index in [0.29, 0.717) is 11.7 Å². The SMILES string of the molecule is C=Cc1cc(C2CC2)c(O)cc1C. The Morgan fingerprint density at radius 3 is 2.69 bits per heavy atom. The van der Waals surface area contributed by atoms with Crippen molar-refractivity contribution in [1.82, 2.24) is 0 Å². The van der Waals surface area contributed by atoms with E-state index >= 15 is 0 Å². The van der Waals surface area contributed by atoms with Gasteiger partial charge in [0.2, 0.25) is 0 Å². The fourth-order valence-electron chi connectivity index (χ4n) is 1.67. The van der Waals surface area contributed by atoms with Crippen LogP contribution in [-0.2, 0) is 0 Å². The maximum absolute atomic E-state index is 9.69. The summed E-state index contributed by atoms with van der Waals surface area (Å²) < 4.78 is 0. The average Bonchev–Trinajstić information content (AvgIpc) is 2.88. The maximum Gasteiger partial charge on any atom is 0.119 e. The normalized spacial score (nSPS) is 15.8. The Morgan fingerprint density at radius 2 is 2.15 bits per heavy atom. The third-order valence-corrected chi connectivity index (χ3v) is 2.65. The molecular weight excluding hydrogens is 160 g/mol. The Morgan fingerprint density at radius 1 is 1.46 bits per heavy atom. The van der Waals surface area contributed by atoms with Crippen molar-refractivity contribution in [2.24, 2.45) is 0 Å². The van der Waals surface area contributed by atoms with Gasteiger partial charge < -0.3 is 5.11 Å². The summed E-state index contributed by atoms with van der Waals surface area (Å²) in [6.07, 6.45) is 4.28. The molecule has 0 unspecified atom stereocenters. The number of rotatable bonds is 2. The van der Waals surface area contributed by atoms with Crippen LogP contribution in [0, 0.1) is 6.92 Å². The largest absolute Gasteiger partial charge is 0.508 e. The molecule has 1 nitrogen and oxygen atoms in total. The molecule has 1 aromatic carbocycles. The van der Waals surface area contributed by atoms with Gasteiger partial charge in [-0.3, -0.25) is 0 Å². The van der Waals surface area contributed by atoms with Crippen LogP contribution in [0.4, 0.5) is 0 Å². The molecule has 68 valence electrons. The number of hydrogen-bond donors (Lipinski definition) is 1. The summed E-state index contributed by atoms with van der Waals surface area (Å²) in [6.45, 7) is 5.75. The van der Waals surface area contributed by atoms with Crippen molar-refractivity contribution in [3.8, 4) is 5.75 Å². The third-order valence-electron chi connectivity index (χ3n) is 2.65. The van der Waals surface area contributed by atoms with Crippen LogP contribution in [0.1, 0.15) is 35.4 Å². The quantitative estimate of drug-likeness (QED) is 0.729. The monoisotopic (exact) mass is 174 g/mol. The molecule has 1 aromatic rings. The number of benzene rings is 1. The summed E-state index contributed by atoms with van der Waals surface area (Å²) in [5.74, 6) is 1.05. The standard InChI is InChI=1S/C12H14O/c1-3-9-7-11(10-4-5-10)12(13)6-8(9)2/h3,6-7,10,13H,1,4-5H2,2H3. The van der Waals surface area contributed by atoms with Crippen molar-refractivity contribution in [1.29, 1.82) is 0 Å². The van der Waals surface area contributed by atoms with E-state index in [9.17, 15) is 5.11 Å². The summed E-state index contributed by atoms with van der Waals surface area (Å²) in [4.78, 5) is 0. The fraction of sp³-hybridized carbons (Fsp3) is 0.333. The zero-order valence-corrected chi connectivity index (χ0v) is 7.88. The molecule has 0 atom stereocenters. The van der Waals surface area contributed by atoms with Gasteiger partial charge in [0, 0.05) is 0 Å². The highest BCUT2D eigenvalue weighted by Crippen LogP contribution is 2.44. The number of aromatic hydroxyl groups is 1. The lowest BCUT2D eigenvalue weighted by molar-refractivity contribution is 0.468. The highest BCUT2D eigenvalue weighted by molar-refractivity contribution is 5.57. The minimum absolute atomic E-state index is 0.450. The van der Waals surface area contributed by atoms with Crippen LogP contribution in [-0.4, -0.2) is 5.11 Å². The molecule has 0 bridgehead atoms. The van der Waals surface area contributed by atoms with Gasteiger partial charge in [-0.2, -0.15) is 0 Å². The van der Waals surface area contributed by atoms with Gasteiger partial charge in [0.15, 0.2) is 0 Å². The number of phenols is 1. The summed E-state index contributed by atoms with van der Waals surface area (Å²) in [5.41, 5.74) is 3.33. The first-order valence-electron chi connectivity index (χ1n) is 4.68. The van der Waals surface area contributed by atoms with Crippen LogP contribution in [0.3, 0.4) is 0 Å². The molecule has 0 saturated heterocycles. The van der Waals surface area contributed by atoms with Gasteiger partial charge in [-0.25, -0.2) is 0 Å². The lowest BCUT2D eigenvalue weighted by Gasteiger charge is -2.07. The first-order valence-corrected chi connectivity index (χ1v) is 4.68. The third kappa shape index (κ3) is 1.46. The van der Waals surface area contributed by atoms with Gasteiger partial charge in [-0.05, 0) is 54.5 Å². The van der Waals surface area contributed by atoms with Crippen LogP contribution < -0.4 is 0 Å². The van der Waals surface area contributed by atoms with Crippen molar-refractivity contribution in [3.63, 3.8) is 0 Å². The summed E-state index contributed by atoms with van der Waals surface area (Å²) >= 11 is 0. The molecule has 0 spiro atoms. The molecule has 0 radical (unpaired) electrons. The van der Waals surface area contributed by atoms with Crippen LogP contribution in [0.5, 0.6) is 5.75 Å². The average molecular weight is 174 g/mol. The van der Waals surface area contributed by atoms with Crippen LogP contribution in [0.25, 0.3) is 6.08 Å². The second-order valence-electron chi connectivity index (χ2n) is 3.75. The molecule has 0 heterocycles. The van der Waals surface area contributed by atoms with Crippen LogP contribution >= 0.6 is 0 Å². The van der Waals surface area contributed by atoms with Crippen molar-refractivity contribution < 1.29 is 5.11 Å². The second-order valence-corrected chi connectivity index (χ2v) is 3.75. The Bertz CT molecular complexity index is 348. The van der Waals surface area contributed by atoms with Gasteiger partial charge in [0.1, 0.15) is 5.75 Å². The predicted molar refractivity (Wildman–Crippen MR) is 54.9 cm³/mol. The first-order chi connectivity index (χ1) is 6.22. The van der Waals surface area contributed by atoms with Crippen molar-refractivity contribution in [2.75, 3.05) is 0 Å². The molecule has 1 fully saturated rings. The van der Waals surface area contributed by atoms with Crippen molar-refractivity contribution >= 4 is 6.08 Å². The van der Waals surface area contributed by atoms with Crippen LogP contribution in [0.15, 0.2) is 18.7 Å². The molecule has 2 rings (SSSR count). The lowest BCUT2D eigenvalue weighted by Crippen LogP contribution is -1.86. The molecule has 1 aliphatic rings. The molecule has 0 amide bonds. The van der Waals surface area contributed by atoms with Crippen molar-refractivity contribution in [2.45, 2.75) is 25.7 Å². The summed E-state index contributed by atoms with van der Waals surface area (Å²) in [5, 5.41) is 9.69. The van der Waals surface area contributed by atoms with E-state index in [-0.39, 0.29) is 0 Å². The topological polar surface area (TPSA) is 20.2 Å². The van der Waals surface area contributed by atoms with Gasteiger partial charge in [0.25, 0.3) is 0 Å². The number of hydrogen-bond acceptors (Lipinski definition) is 1. The van der Waals surface area contributed by atoms with E-state index in [1.807, 2.05) is 19.1 Å². The predicted octanol–water partition coefficient (Wildman–Crippen LogP) is 3.22. The zero-order valence-electron chi connectivity index (χ0n) is 7.88. The molecule has 0 aliphatic heterocycles. The van der Waals surface area contributed by atoms with Gasteiger partial charge >= 0.3 is 0 Å². The van der Waals surface area contributed by atoms with Crippen molar-refractivity contribution in [3.05, 3.63) is 35.4 Å². The van der Waals surface area contributed by atoms with Crippen LogP contribution in [0.2, 0.25) is 0 Å². The molecular formula is C12H14O. The first kappa shape index (κ1) is 8.36. The zero-order chi connectivity index (χ0) is 9.42. The summed E-state index contributed by atoms with van der Waals surface area (Å²) in [6, 6.07) is 3.90. The Balaban J connectivity index is 2.50. The minimum atomic E-state index is 0.450. The fourth-order valence-corrected chi connectivity index (χ4v) is 1.67. The van der Waals surface area contributed by atoms with E-state index < -0.39 is 0 Å². The van der Waals surface area contributed by atoms with Gasteiger partial charge in [-0.15, -0.1) is 0 Å². The lowest BCUT2D eigenvalue weighted by atomic mass is 10.0. The highest BCUT2D eigenvalue weighted by atomic mass is 16.3. The Kier molecular flexibility index (Phi) is 1.87. The molecule has 13 heavy (non-hydrogen) atoms. The molecule has 1 aliphatic carbocycles. The number of phenolic OH excluding ortho intramolecular Hbond substituents is 1. The maximum atomic E-state index is 9.69.